The highest BCUT2D eigenvalue weighted by molar-refractivity contribution is 5.98. The van der Waals surface area contributed by atoms with E-state index in [2.05, 4.69) is 15.7 Å². The van der Waals surface area contributed by atoms with Crippen molar-refractivity contribution < 1.29 is 22.4 Å². The largest absolute Gasteiger partial charge is 0.416 e. The first-order chi connectivity index (χ1) is 17.5. The summed E-state index contributed by atoms with van der Waals surface area (Å²) < 4.78 is 54.9. The summed E-state index contributed by atoms with van der Waals surface area (Å²) in [5.41, 5.74) is 4.09. The third kappa shape index (κ3) is 5.77. The molecule has 0 fully saturated rings. The predicted octanol–water partition coefficient (Wildman–Crippen LogP) is 5.21. The Morgan fingerprint density at radius 3 is 2.35 bits per heavy atom. The van der Waals surface area contributed by atoms with E-state index in [-0.39, 0.29) is 28.3 Å². The smallest absolute Gasteiger partial charge is 0.399 e. The zero-order valence-corrected chi connectivity index (χ0v) is 19.4. The Balaban J connectivity index is 1.74. The van der Waals surface area contributed by atoms with E-state index in [4.69, 9.17) is 5.73 Å². The van der Waals surface area contributed by atoms with Crippen LogP contribution in [0.25, 0.3) is 5.69 Å². The van der Waals surface area contributed by atoms with Crippen LogP contribution in [0.4, 0.5) is 34.6 Å². The average Bonchev–Trinajstić information content (AvgIpc) is 2.84. The van der Waals surface area contributed by atoms with Gasteiger partial charge < -0.3 is 16.4 Å². The Morgan fingerprint density at radius 2 is 1.68 bits per heavy atom. The van der Waals surface area contributed by atoms with Crippen molar-refractivity contribution in [1.29, 1.82) is 0 Å². The molecule has 1 heterocycles. The minimum atomic E-state index is -4.63. The Morgan fingerprint density at radius 1 is 1.00 bits per heavy atom. The number of carbonyl (C=O) groups excluding carboxylic acids is 1. The summed E-state index contributed by atoms with van der Waals surface area (Å²) in [6.45, 7) is 1.48. The molecule has 4 rings (SSSR count). The number of nitrogens with two attached hydrogens (primary N) is 1. The molecule has 1 aromatic heterocycles. The number of alkyl halides is 3. The zero-order valence-electron chi connectivity index (χ0n) is 19.4. The highest BCUT2D eigenvalue weighted by Gasteiger charge is 2.31. The Kier molecular flexibility index (Phi) is 6.96. The van der Waals surface area contributed by atoms with Gasteiger partial charge in [-0.1, -0.05) is 30.3 Å². The van der Waals surface area contributed by atoms with Crippen LogP contribution in [0.2, 0.25) is 0 Å². The Labute approximate surface area is 208 Å². The van der Waals surface area contributed by atoms with Crippen LogP contribution in [0, 0.1) is 5.82 Å². The van der Waals surface area contributed by atoms with E-state index >= 15 is 0 Å². The molecular weight excluding hydrogens is 490 g/mol. The standard InChI is InChI=1S/C26H21F4N5O2/c1-15(16-11-17(26(28,29)30)13-18(31)12-16)32-25(37)24-21(33-19-7-3-2-4-8-19)14-23(36)35(34-24)22-10-6-5-9-20(22)27/h2-15,33H,31H2,1H3,(H,32,37)/t15-/m1/s1. The first kappa shape index (κ1) is 25.4. The quantitative estimate of drug-likeness (QED) is 0.244. The van der Waals surface area contributed by atoms with Crippen molar-refractivity contribution in [3.63, 3.8) is 0 Å². The van der Waals surface area contributed by atoms with Gasteiger partial charge in [0.25, 0.3) is 11.5 Å². The molecule has 7 nitrogen and oxygen atoms in total. The summed E-state index contributed by atoms with van der Waals surface area (Å²) in [6.07, 6.45) is -4.63. The predicted molar refractivity (Wildman–Crippen MR) is 131 cm³/mol. The van der Waals surface area contributed by atoms with E-state index < -0.39 is 35.1 Å². The van der Waals surface area contributed by atoms with Crippen LogP contribution in [-0.4, -0.2) is 15.7 Å². The number of rotatable bonds is 6. The van der Waals surface area contributed by atoms with Gasteiger partial charge in [0.2, 0.25) is 0 Å². The first-order valence-corrected chi connectivity index (χ1v) is 11.0. The molecule has 0 bridgehead atoms. The SMILES string of the molecule is C[C@@H](NC(=O)c1nn(-c2ccccc2F)c(=O)cc1Nc1ccccc1)c1cc(N)cc(C(F)(F)F)c1. The molecule has 0 aliphatic heterocycles. The van der Waals surface area contributed by atoms with Crippen molar-refractivity contribution in [1.82, 2.24) is 15.1 Å². The molecule has 0 saturated carbocycles. The van der Waals surface area contributed by atoms with Gasteiger partial charge in [0, 0.05) is 17.4 Å². The maximum Gasteiger partial charge on any atom is 0.416 e. The molecule has 3 aromatic carbocycles. The number of nitrogens with one attached hydrogen (secondary N) is 2. The summed E-state index contributed by atoms with van der Waals surface area (Å²) in [5, 5.41) is 9.63. The van der Waals surface area contributed by atoms with Crippen molar-refractivity contribution >= 4 is 23.0 Å². The number of benzene rings is 3. The number of aromatic nitrogens is 2. The number of amides is 1. The number of hydrogen-bond acceptors (Lipinski definition) is 5. The van der Waals surface area contributed by atoms with Crippen LogP contribution in [0.3, 0.4) is 0 Å². The number of anilines is 3. The van der Waals surface area contributed by atoms with Gasteiger partial charge in [-0.25, -0.2) is 4.39 Å². The molecule has 0 aliphatic rings. The lowest BCUT2D eigenvalue weighted by atomic mass is 10.0. The molecule has 190 valence electrons. The second-order valence-corrected chi connectivity index (χ2v) is 8.18. The van der Waals surface area contributed by atoms with Crippen molar-refractivity contribution in [3.8, 4) is 5.69 Å². The highest BCUT2D eigenvalue weighted by atomic mass is 19.4. The minimum absolute atomic E-state index is 0.0250. The number of nitrogen functional groups attached to an aromatic ring is 1. The fourth-order valence-corrected chi connectivity index (χ4v) is 3.63. The van der Waals surface area contributed by atoms with Gasteiger partial charge in [-0.15, -0.1) is 0 Å². The second-order valence-electron chi connectivity index (χ2n) is 8.18. The van der Waals surface area contributed by atoms with E-state index in [1.54, 1.807) is 30.3 Å². The van der Waals surface area contributed by atoms with Crippen molar-refractivity contribution in [2.24, 2.45) is 0 Å². The van der Waals surface area contributed by atoms with Crippen molar-refractivity contribution in [3.05, 3.63) is 112 Å². The molecule has 0 aliphatic carbocycles. The minimum Gasteiger partial charge on any atom is -0.399 e. The monoisotopic (exact) mass is 511 g/mol. The second kappa shape index (κ2) is 10.1. The molecule has 0 unspecified atom stereocenters. The maximum absolute atomic E-state index is 14.4. The summed E-state index contributed by atoms with van der Waals surface area (Å²) in [4.78, 5) is 26.1. The van der Waals surface area contributed by atoms with Crippen LogP contribution >= 0.6 is 0 Å². The van der Waals surface area contributed by atoms with Crippen LogP contribution in [0.15, 0.2) is 83.7 Å². The van der Waals surface area contributed by atoms with Gasteiger partial charge in [0.1, 0.15) is 11.5 Å². The van der Waals surface area contributed by atoms with Gasteiger partial charge in [-0.05, 0) is 55.0 Å². The van der Waals surface area contributed by atoms with Crippen LogP contribution in [0.1, 0.15) is 34.6 Å². The molecule has 37 heavy (non-hydrogen) atoms. The molecule has 0 spiro atoms. The zero-order chi connectivity index (χ0) is 26.7. The Hall–Kier alpha value is -4.67. The summed E-state index contributed by atoms with van der Waals surface area (Å²) in [7, 11) is 0. The maximum atomic E-state index is 14.4. The molecular formula is C26H21F4N5O2. The molecule has 4 N–H and O–H groups in total. The molecule has 1 amide bonds. The molecule has 1 atom stereocenters. The molecule has 11 heteroatoms. The number of nitrogens with zero attached hydrogens (tertiary/aromatic N) is 2. The van der Waals surface area contributed by atoms with Gasteiger partial charge in [0.05, 0.1) is 17.3 Å². The van der Waals surface area contributed by atoms with Crippen LogP contribution < -0.4 is 21.9 Å². The van der Waals surface area contributed by atoms with Gasteiger partial charge in [-0.2, -0.15) is 23.0 Å². The van der Waals surface area contributed by atoms with E-state index in [0.717, 1.165) is 28.9 Å². The van der Waals surface area contributed by atoms with Crippen molar-refractivity contribution in [2.75, 3.05) is 11.1 Å². The van der Waals surface area contributed by atoms with Gasteiger partial charge >= 0.3 is 6.18 Å². The fraction of sp³-hybridized carbons (Fsp3) is 0.115. The summed E-state index contributed by atoms with van der Waals surface area (Å²) >= 11 is 0. The van der Waals surface area contributed by atoms with Gasteiger partial charge in [-0.3, -0.25) is 9.59 Å². The van der Waals surface area contributed by atoms with E-state index in [1.165, 1.54) is 31.2 Å². The topological polar surface area (TPSA) is 102 Å². The molecule has 4 aromatic rings. The van der Waals surface area contributed by atoms with Crippen molar-refractivity contribution in [2.45, 2.75) is 19.1 Å². The van der Waals surface area contributed by atoms with E-state index in [0.29, 0.717) is 5.69 Å². The first-order valence-electron chi connectivity index (χ1n) is 11.0. The lowest BCUT2D eigenvalue weighted by Crippen LogP contribution is -2.32. The van der Waals surface area contributed by atoms with Gasteiger partial charge in [0.15, 0.2) is 5.69 Å². The van der Waals surface area contributed by atoms with E-state index in [1.807, 2.05) is 0 Å². The summed E-state index contributed by atoms with van der Waals surface area (Å²) in [5.74, 6) is -1.55. The number of para-hydroxylation sites is 2. The summed E-state index contributed by atoms with van der Waals surface area (Å²) in [6, 6.07) is 17.2. The normalized spacial score (nSPS) is 12.1. The number of hydrogen-bond donors (Lipinski definition) is 3. The molecule has 0 saturated heterocycles. The molecule has 0 radical (unpaired) electrons. The van der Waals surface area contributed by atoms with Crippen LogP contribution in [0.5, 0.6) is 0 Å². The lowest BCUT2D eigenvalue weighted by molar-refractivity contribution is -0.137. The fourth-order valence-electron chi connectivity index (χ4n) is 3.63. The lowest BCUT2D eigenvalue weighted by Gasteiger charge is -2.19. The highest BCUT2D eigenvalue weighted by Crippen LogP contribution is 2.33. The third-order valence-corrected chi connectivity index (χ3v) is 5.43. The average molecular weight is 511 g/mol. The number of halogens is 4. The number of carbonyl (C=O) groups is 1. The Bertz CT molecular complexity index is 1500. The third-order valence-electron chi connectivity index (χ3n) is 5.43. The van der Waals surface area contributed by atoms with Crippen LogP contribution in [-0.2, 0) is 6.18 Å². The van der Waals surface area contributed by atoms with E-state index in [9.17, 15) is 27.2 Å².